The number of phenolic OH excluding ortho intramolecular Hbond substituents is 1. The Morgan fingerprint density at radius 1 is 1.00 bits per heavy atom. The molecule has 37 heavy (non-hydrogen) atoms. The first kappa shape index (κ1) is 29.9. The molecule has 6 heteroatoms. The van der Waals surface area contributed by atoms with E-state index in [1.165, 1.54) is 62.5 Å². The average molecular weight is 705 g/mol. The molecule has 6 atom stereocenters. The van der Waals surface area contributed by atoms with Crippen molar-refractivity contribution in [1.82, 2.24) is 0 Å². The van der Waals surface area contributed by atoms with Crippen LogP contribution in [-0.2, 0) is 21.4 Å². The Balaban J connectivity index is 1.64. The summed E-state index contributed by atoms with van der Waals surface area (Å²) in [6.07, 6.45) is 15.7. The van der Waals surface area contributed by atoms with Crippen molar-refractivity contribution in [2.75, 3.05) is 5.33 Å². The predicted molar refractivity (Wildman–Crippen MR) is 163 cm³/mol. The molecule has 2 saturated carbocycles. The van der Waals surface area contributed by atoms with Gasteiger partial charge in [0.05, 0.1) is 8.95 Å². The molecule has 0 radical (unpaired) electrons. The molecule has 0 aromatic heterocycles. The van der Waals surface area contributed by atoms with Gasteiger partial charge in [-0.15, -0.1) is 0 Å². The Morgan fingerprint density at radius 3 is 2.30 bits per heavy atom. The van der Waals surface area contributed by atoms with Gasteiger partial charge in [-0.05, 0) is 117 Å². The highest BCUT2D eigenvalue weighted by Gasteiger charge is 2.68. The van der Waals surface area contributed by atoms with Crippen LogP contribution < -0.4 is 0 Å². The van der Waals surface area contributed by atoms with E-state index in [9.17, 15) is 9.90 Å². The first-order valence-corrected chi connectivity index (χ1v) is 17.1. The SMILES string of the molecule is CC(=O)O[C@H]1CC[C@@]2(C)[C@@H]3[C@H](CCCCCCCCCBr)Cc4c(cc(Br)c(O)c4Br)[C@@]3(C)CC[C@]12C. The summed E-state index contributed by atoms with van der Waals surface area (Å²) in [7, 11) is 0. The number of aromatic hydroxyl groups is 1. The summed E-state index contributed by atoms with van der Waals surface area (Å²) in [4.78, 5) is 12.0. The number of benzene rings is 1. The van der Waals surface area contributed by atoms with Gasteiger partial charge in [-0.2, -0.15) is 0 Å². The maximum atomic E-state index is 12.0. The first-order valence-electron chi connectivity index (χ1n) is 14.4. The molecule has 0 spiro atoms. The number of halogens is 3. The number of carbonyl (C=O) groups excluding carboxylic acids is 1. The summed E-state index contributed by atoms with van der Waals surface area (Å²) in [6.45, 7) is 8.99. The Bertz CT molecular complexity index is 996. The smallest absolute Gasteiger partial charge is 0.302 e. The van der Waals surface area contributed by atoms with Crippen molar-refractivity contribution in [1.29, 1.82) is 0 Å². The zero-order valence-corrected chi connectivity index (χ0v) is 27.9. The fourth-order valence-corrected chi connectivity index (χ4v) is 10.5. The molecule has 208 valence electrons. The highest BCUT2D eigenvalue weighted by molar-refractivity contribution is 9.11. The Morgan fingerprint density at radius 2 is 1.65 bits per heavy atom. The minimum atomic E-state index is -0.145. The standard InChI is InChI=1S/C31H45Br3O3/c1-20(35)37-25-13-14-31(4)28-21(12-10-8-6-5-7-9-11-17-32)18-22-23(19-24(33)27(36)26(22)34)29(28,2)15-16-30(25,31)3/h19,21,25,28,36H,5-18H2,1-4H3/t21-,25+,28-,29-,30-,31+/m1/s1. The van der Waals surface area contributed by atoms with Gasteiger partial charge in [0.2, 0.25) is 0 Å². The number of carbonyl (C=O) groups is 1. The third-order valence-electron chi connectivity index (χ3n) is 10.8. The monoisotopic (exact) mass is 702 g/mol. The zero-order chi connectivity index (χ0) is 27.0. The molecule has 1 aromatic carbocycles. The van der Waals surface area contributed by atoms with Crippen LogP contribution >= 0.6 is 47.8 Å². The van der Waals surface area contributed by atoms with E-state index in [0.717, 1.165) is 46.4 Å². The van der Waals surface area contributed by atoms with E-state index in [1.807, 2.05) is 0 Å². The molecule has 2 fully saturated rings. The second-order valence-electron chi connectivity index (χ2n) is 12.8. The molecule has 0 bridgehead atoms. The van der Waals surface area contributed by atoms with Crippen LogP contribution in [0.25, 0.3) is 0 Å². The number of unbranched alkanes of at least 4 members (excludes halogenated alkanes) is 6. The molecule has 1 aromatic rings. The zero-order valence-electron chi connectivity index (χ0n) is 23.1. The van der Waals surface area contributed by atoms with Gasteiger partial charge >= 0.3 is 5.97 Å². The van der Waals surface area contributed by atoms with Crippen molar-refractivity contribution in [3.63, 3.8) is 0 Å². The van der Waals surface area contributed by atoms with Crippen LogP contribution in [0, 0.1) is 22.7 Å². The van der Waals surface area contributed by atoms with E-state index in [1.54, 1.807) is 6.92 Å². The molecule has 0 aliphatic heterocycles. The number of fused-ring (bicyclic) bond motifs is 5. The topological polar surface area (TPSA) is 46.5 Å². The van der Waals surface area contributed by atoms with Gasteiger partial charge in [-0.1, -0.05) is 75.2 Å². The van der Waals surface area contributed by atoms with Crippen LogP contribution in [-0.4, -0.2) is 22.5 Å². The van der Waals surface area contributed by atoms with Gasteiger partial charge in [0.15, 0.2) is 0 Å². The summed E-state index contributed by atoms with van der Waals surface area (Å²) in [6, 6.07) is 2.20. The van der Waals surface area contributed by atoms with Crippen LogP contribution in [0.1, 0.15) is 116 Å². The number of hydrogen-bond acceptors (Lipinski definition) is 3. The number of rotatable bonds is 10. The molecule has 1 N–H and O–H groups in total. The minimum absolute atomic E-state index is 0.000591. The highest BCUT2D eigenvalue weighted by Crippen LogP contribution is 2.72. The number of esters is 1. The number of ether oxygens (including phenoxy) is 1. The Labute approximate surface area is 249 Å². The predicted octanol–water partition coefficient (Wildman–Crippen LogP) is 10.0. The van der Waals surface area contributed by atoms with E-state index in [2.05, 4.69) is 74.6 Å². The quantitative estimate of drug-likeness (QED) is 0.150. The van der Waals surface area contributed by atoms with E-state index in [0.29, 0.717) is 17.6 Å². The van der Waals surface area contributed by atoms with Gasteiger partial charge in [0, 0.05) is 17.7 Å². The van der Waals surface area contributed by atoms with Crippen molar-refractivity contribution >= 4 is 53.8 Å². The maximum Gasteiger partial charge on any atom is 0.302 e. The van der Waals surface area contributed by atoms with Crippen molar-refractivity contribution < 1.29 is 14.6 Å². The lowest BCUT2D eigenvalue weighted by Crippen LogP contribution is -2.60. The van der Waals surface area contributed by atoms with Gasteiger partial charge in [-0.3, -0.25) is 4.79 Å². The summed E-state index contributed by atoms with van der Waals surface area (Å²) in [5, 5.41) is 11.9. The highest BCUT2D eigenvalue weighted by atomic mass is 79.9. The number of alkyl halides is 1. The van der Waals surface area contributed by atoms with Crippen LogP contribution in [0.5, 0.6) is 5.75 Å². The lowest BCUT2D eigenvalue weighted by molar-refractivity contribution is -0.167. The fourth-order valence-electron chi connectivity index (χ4n) is 8.86. The third-order valence-corrected chi connectivity index (χ3v) is 12.9. The molecule has 3 nitrogen and oxygen atoms in total. The van der Waals surface area contributed by atoms with E-state index < -0.39 is 0 Å². The molecule has 0 amide bonds. The Kier molecular flexibility index (Phi) is 9.54. The second-order valence-corrected chi connectivity index (χ2v) is 15.3. The van der Waals surface area contributed by atoms with E-state index in [-0.39, 0.29) is 28.3 Å². The summed E-state index contributed by atoms with van der Waals surface area (Å²) >= 11 is 11.0. The molecule has 3 aliphatic rings. The first-order chi connectivity index (χ1) is 17.5. The van der Waals surface area contributed by atoms with Crippen molar-refractivity contribution in [2.24, 2.45) is 22.7 Å². The van der Waals surface area contributed by atoms with Crippen molar-refractivity contribution in [3.05, 3.63) is 26.1 Å². The van der Waals surface area contributed by atoms with Crippen LogP contribution in [0.2, 0.25) is 0 Å². The fraction of sp³-hybridized carbons (Fsp3) is 0.774. The average Bonchev–Trinajstić information content (AvgIpc) is 3.10. The van der Waals surface area contributed by atoms with Crippen LogP contribution in [0.3, 0.4) is 0 Å². The molecule has 4 rings (SSSR count). The largest absolute Gasteiger partial charge is 0.506 e. The van der Waals surface area contributed by atoms with Gasteiger partial charge in [-0.25, -0.2) is 0 Å². The molecule has 3 aliphatic carbocycles. The molecular weight excluding hydrogens is 660 g/mol. The normalized spacial score (nSPS) is 34.5. The minimum Gasteiger partial charge on any atom is -0.506 e. The number of phenols is 1. The van der Waals surface area contributed by atoms with Crippen LogP contribution in [0.4, 0.5) is 0 Å². The lowest BCUT2D eigenvalue weighted by atomic mass is 9.40. The van der Waals surface area contributed by atoms with Crippen molar-refractivity contribution in [2.45, 2.75) is 123 Å². The second kappa shape index (κ2) is 11.8. The van der Waals surface area contributed by atoms with Crippen LogP contribution in [0.15, 0.2) is 15.0 Å². The third kappa shape index (κ3) is 5.35. The van der Waals surface area contributed by atoms with E-state index in [4.69, 9.17) is 4.74 Å². The lowest BCUT2D eigenvalue weighted by Gasteiger charge is -2.64. The molecule has 0 unspecified atom stereocenters. The van der Waals surface area contributed by atoms with E-state index >= 15 is 0 Å². The molecular formula is C31H45Br3O3. The van der Waals surface area contributed by atoms with Gasteiger partial charge in [0.25, 0.3) is 0 Å². The van der Waals surface area contributed by atoms with Gasteiger partial charge < -0.3 is 9.84 Å². The molecule has 0 saturated heterocycles. The van der Waals surface area contributed by atoms with Crippen molar-refractivity contribution in [3.8, 4) is 5.75 Å². The number of hydrogen-bond donors (Lipinski definition) is 1. The summed E-state index contributed by atoms with van der Waals surface area (Å²) < 4.78 is 7.63. The Hall–Kier alpha value is -0.0700. The maximum absolute atomic E-state index is 12.0. The summed E-state index contributed by atoms with van der Waals surface area (Å²) in [5.74, 6) is 1.26. The molecule has 0 heterocycles. The summed E-state index contributed by atoms with van der Waals surface area (Å²) in [5.41, 5.74) is 2.85. The van der Waals surface area contributed by atoms with Gasteiger partial charge in [0.1, 0.15) is 11.9 Å².